The minimum Gasteiger partial charge on any atom is -0.550 e. The van der Waals surface area contributed by atoms with E-state index in [1.165, 1.54) is 0 Å². The molecule has 0 aromatic heterocycles. The average Bonchev–Trinajstić information content (AvgIpc) is 2.69. The Bertz CT molecular complexity index is 976. The summed E-state index contributed by atoms with van der Waals surface area (Å²) in [4.78, 5) is 37.3. The first-order chi connectivity index (χ1) is 13.5. The Hall–Kier alpha value is -3.67. The van der Waals surface area contributed by atoms with E-state index in [-0.39, 0.29) is 6.54 Å². The van der Waals surface area contributed by atoms with Crippen LogP contribution >= 0.6 is 0 Å². The van der Waals surface area contributed by atoms with Crippen LogP contribution < -0.4 is 9.84 Å². The highest BCUT2D eigenvalue weighted by Gasteiger charge is 2.34. The number of hydrogen-bond acceptors (Lipinski definition) is 5. The maximum atomic E-state index is 13.0. The Morgan fingerprint density at radius 3 is 2.54 bits per heavy atom. The zero-order valence-corrected chi connectivity index (χ0v) is 15.1. The Labute approximate surface area is 162 Å². The van der Waals surface area contributed by atoms with Gasteiger partial charge in [-0.2, -0.15) is 0 Å². The highest BCUT2D eigenvalue weighted by atomic mass is 16.5. The van der Waals surface area contributed by atoms with Crippen molar-refractivity contribution in [3.8, 4) is 5.75 Å². The summed E-state index contributed by atoms with van der Waals surface area (Å²) in [6.07, 6.45) is 2.88. The van der Waals surface area contributed by atoms with Crippen molar-refractivity contribution in [3.63, 3.8) is 0 Å². The van der Waals surface area contributed by atoms with E-state index in [0.717, 1.165) is 4.90 Å². The number of fused-ring (bicyclic) bond motifs is 1. The molecule has 0 saturated heterocycles. The molecule has 2 aromatic rings. The largest absolute Gasteiger partial charge is 0.550 e. The van der Waals surface area contributed by atoms with Crippen molar-refractivity contribution in [3.05, 3.63) is 77.9 Å². The highest BCUT2D eigenvalue weighted by Crippen LogP contribution is 2.31. The van der Waals surface area contributed by atoms with Gasteiger partial charge in [-0.15, -0.1) is 0 Å². The molecule has 28 heavy (non-hydrogen) atoms. The van der Waals surface area contributed by atoms with E-state index >= 15 is 0 Å². The van der Waals surface area contributed by atoms with Gasteiger partial charge in [-0.05, 0) is 35.4 Å². The summed E-state index contributed by atoms with van der Waals surface area (Å²) in [6.45, 7) is 3.72. The van der Waals surface area contributed by atoms with E-state index < -0.39 is 24.2 Å². The number of nitrogens with zero attached hydrogens (tertiary/aromatic N) is 1. The maximum absolute atomic E-state index is 13.0. The summed E-state index contributed by atoms with van der Waals surface area (Å²) < 4.78 is 5.52. The van der Waals surface area contributed by atoms with Crippen LogP contribution in [0.1, 0.15) is 27.9 Å². The molecular formula is C22H18NO5-. The molecule has 0 radical (unpaired) electrons. The van der Waals surface area contributed by atoms with Gasteiger partial charge in [0.25, 0.3) is 11.8 Å². The Kier molecular flexibility index (Phi) is 5.69. The lowest BCUT2D eigenvalue weighted by Crippen LogP contribution is -2.43. The maximum Gasteiger partial charge on any atom is 0.261 e. The topological polar surface area (TPSA) is 86.7 Å². The molecule has 0 N–H and O–H groups in total. The molecule has 0 unspecified atom stereocenters. The van der Waals surface area contributed by atoms with E-state index in [1.807, 2.05) is 6.07 Å². The molecule has 0 spiro atoms. The van der Waals surface area contributed by atoms with Crippen molar-refractivity contribution >= 4 is 29.4 Å². The Balaban J connectivity index is 2.03. The molecule has 0 atom stereocenters. The first-order valence-electron chi connectivity index (χ1n) is 8.72. The molecule has 1 heterocycles. The molecule has 0 fully saturated rings. The van der Waals surface area contributed by atoms with Crippen molar-refractivity contribution in [1.82, 2.24) is 4.90 Å². The molecule has 3 rings (SSSR count). The quantitative estimate of drug-likeness (QED) is 0.419. The number of carboxylic acids is 1. The highest BCUT2D eigenvalue weighted by molar-refractivity contribution is 6.33. The summed E-state index contributed by atoms with van der Waals surface area (Å²) >= 11 is 0. The van der Waals surface area contributed by atoms with Crippen molar-refractivity contribution in [2.75, 3.05) is 13.2 Å². The number of carbonyl (C=O) groups is 3. The summed E-state index contributed by atoms with van der Waals surface area (Å²) in [6, 6.07) is 13.9. The van der Waals surface area contributed by atoms with Crippen molar-refractivity contribution < 1.29 is 24.2 Å². The lowest BCUT2D eigenvalue weighted by Gasteiger charge is -2.28. The summed E-state index contributed by atoms with van der Waals surface area (Å²) in [7, 11) is 0. The van der Waals surface area contributed by atoms with Gasteiger partial charge in [0.1, 0.15) is 12.4 Å². The number of imide groups is 1. The zero-order valence-electron chi connectivity index (χ0n) is 15.1. The van der Waals surface area contributed by atoms with E-state index in [4.69, 9.17) is 4.74 Å². The third-order valence-electron chi connectivity index (χ3n) is 4.24. The van der Waals surface area contributed by atoms with Crippen LogP contribution in [0.3, 0.4) is 0 Å². The number of carboxylic acid groups (broad SMARTS) is 1. The van der Waals surface area contributed by atoms with Gasteiger partial charge in [-0.1, -0.05) is 43.0 Å². The van der Waals surface area contributed by atoms with Crippen LogP contribution in [-0.2, 0) is 9.59 Å². The van der Waals surface area contributed by atoms with Gasteiger partial charge < -0.3 is 14.6 Å². The van der Waals surface area contributed by atoms with Gasteiger partial charge in [0, 0.05) is 30.1 Å². The number of amides is 2. The fourth-order valence-corrected chi connectivity index (χ4v) is 2.96. The Morgan fingerprint density at radius 1 is 1.07 bits per heavy atom. The van der Waals surface area contributed by atoms with Crippen LogP contribution in [0.4, 0.5) is 0 Å². The SMILES string of the molecule is C=CCOc1cccc(/C=C2\C(=O)N(CCC(=O)[O-])C(=O)c3ccccc32)c1. The summed E-state index contributed by atoms with van der Waals surface area (Å²) in [5.74, 6) is -1.75. The average molecular weight is 376 g/mol. The smallest absolute Gasteiger partial charge is 0.261 e. The van der Waals surface area contributed by atoms with E-state index in [0.29, 0.717) is 34.6 Å². The number of rotatable bonds is 7. The third kappa shape index (κ3) is 4.01. The number of aliphatic carboxylic acids is 1. The summed E-state index contributed by atoms with van der Waals surface area (Å²) in [5, 5.41) is 10.8. The standard InChI is InChI=1S/C22H19NO5/c1-2-12-28-16-7-5-6-15(13-16)14-19-17-8-3-4-9-18(17)21(26)23(22(19)27)11-10-20(24)25/h2-9,13-14H,1,10-12H2,(H,24,25)/p-1/b19-14-. The molecule has 1 aliphatic rings. The minimum atomic E-state index is -1.32. The van der Waals surface area contributed by atoms with E-state index in [1.54, 1.807) is 54.6 Å². The predicted molar refractivity (Wildman–Crippen MR) is 102 cm³/mol. The first kappa shape index (κ1) is 19.1. The van der Waals surface area contributed by atoms with Gasteiger partial charge >= 0.3 is 0 Å². The molecule has 1 aliphatic heterocycles. The number of hydrogen-bond donors (Lipinski definition) is 0. The molecule has 142 valence electrons. The van der Waals surface area contributed by atoms with Crippen LogP contribution in [-0.4, -0.2) is 35.8 Å². The van der Waals surface area contributed by atoms with Crippen LogP contribution in [0.25, 0.3) is 11.6 Å². The second kappa shape index (κ2) is 8.35. The number of carbonyl (C=O) groups excluding carboxylic acids is 3. The molecule has 2 aromatic carbocycles. The number of benzene rings is 2. The molecule has 6 heteroatoms. The van der Waals surface area contributed by atoms with Crippen LogP contribution in [0, 0.1) is 0 Å². The molecule has 6 nitrogen and oxygen atoms in total. The van der Waals surface area contributed by atoms with Gasteiger partial charge in [-0.25, -0.2) is 0 Å². The predicted octanol–water partition coefficient (Wildman–Crippen LogP) is 1.91. The molecule has 0 aliphatic carbocycles. The van der Waals surface area contributed by atoms with Crippen molar-refractivity contribution in [1.29, 1.82) is 0 Å². The summed E-state index contributed by atoms with van der Waals surface area (Å²) in [5.41, 5.74) is 1.90. The van der Waals surface area contributed by atoms with Gasteiger partial charge in [0.15, 0.2) is 0 Å². The molecular weight excluding hydrogens is 358 g/mol. The van der Waals surface area contributed by atoms with Crippen LogP contribution in [0.2, 0.25) is 0 Å². The normalized spacial score (nSPS) is 14.7. The first-order valence-corrected chi connectivity index (χ1v) is 8.72. The van der Waals surface area contributed by atoms with Gasteiger partial charge in [-0.3, -0.25) is 14.5 Å². The van der Waals surface area contributed by atoms with Crippen LogP contribution in [0.5, 0.6) is 5.75 Å². The van der Waals surface area contributed by atoms with Crippen molar-refractivity contribution in [2.45, 2.75) is 6.42 Å². The fourth-order valence-electron chi connectivity index (χ4n) is 2.96. The van der Waals surface area contributed by atoms with Crippen LogP contribution in [0.15, 0.2) is 61.2 Å². The van der Waals surface area contributed by atoms with Gasteiger partial charge in [0.05, 0.1) is 0 Å². The minimum absolute atomic E-state index is 0.242. The molecule has 0 saturated carbocycles. The molecule has 0 bridgehead atoms. The second-order valence-electron chi connectivity index (χ2n) is 6.16. The van der Waals surface area contributed by atoms with E-state index in [9.17, 15) is 19.5 Å². The lowest BCUT2D eigenvalue weighted by molar-refractivity contribution is -0.305. The monoisotopic (exact) mass is 376 g/mol. The third-order valence-corrected chi connectivity index (χ3v) is 4.24. The van der Waals surface area contributed by atoms with E-state index in [2.05, 4.69) is 6.58 Å². The van der Waals surface area contributed by atoms with Gasteiger partial charge in [0.2, 0.25) is 0 Å². The number of ether oxygens (including phenoxy) is 1. The molecule has 2 amide bonds. The fraction of sp³-hybridized carbons (Fsp3) is 0.136. The lowest BCUT2D eigenvalue weighted by atomic mass is 9.92. The van der Waals surface area contributed by atoms with Crippen molar-refractivity contribution in [2.24, 2.45) is 0 Å². The second-order valence-corrected chi connectivity index (χ2v) is 6.16. The zero-order chi connectivity index (χ0) is 20.1. The Morgan fingerprint density at radius 2 is 1.82 bits per heavy atom.